The lowest BCUT2D eigenvalue weighted by molar-refractivity contribution is -0.125. The molecule has 2 heterocycles. The first kappa shape index (κ1) is 27.4. The number of likely N-dealkylation sites (tertiary alicyclic amines) is 1. The Bertz CT molecular complexity index is 1540. The molecule has 0 aromatic heterocycles. The minimum absolute atomic E-state index is 0.0481. The van der Waals surface area contributed by atoms with Crippen molar-refractivity contribution in [3.63, 3.8) is 0 Å². The molecule has 0 radical (unpaired) electrons. The summed E-state index contributed by atoms with van der Waals surface area (Å²) in [5, 5.41) is 9.88. The quantitative estimate of drug-likeness (QED) is 0.268. The molecule has 0 unspecified atom stereocenters. The summed E-state index contributed by atoms with van der Waals surface area (Å²) < 4.78 is 16.5. The first-order valence-electron chi connectivity index (χ1n) is 14.0. The fraction of sp³-hybridized carbons (Fsp3) is 0.303. The summed E-state index contributed by atoms with van der Waals surface area (Å²) in [6.45, 7) is 2.93. The van der Waals surface area contributed by atoms with E-state index >= 15 is 0 Å². The van der Waals surface area contributed by atoms with E-state index in [0.29, 0.717) is 24.7 Å². The number of hydrogen-bond acceptors (Lipinski definition) is 6. The number of ether oxygens (including phenoxy) is 3. The zero-order chi connectivity index (χ0) is 28.2. The maximum atomic E-state index is 13.5. The summed E-state index contributed by atoms with van der Waals surface area (Å²) in [5.41, 5.74) is 3.40. The molecule has 0 bridgehead atoms. The summed E-state index contributed by atoms with van der Waals surface area (Å²) in [5.74, 6) is 2.44. The Labute approximate surface area is 245 Å². The fourth-order valence-corrected chi connectivity index (χ4v) is 6.05. The Morgan fingerprint density at radius 1 is 0.976 bits per heavy atom. The first-order chi connectivity index (χ1) is 20.1. The summed E-state index contributed by atoms with van der Waals surface area (Å²) in [6.07, 6.45) is 1.44. The highest BCUT2D eigenvalue weighted by Crippen LogP contribution is 2.33. The van der Waals surface area contributed by atoms with Gasteiger partial charge in [0.25, 0.3) is 0 Å². The van der Waals surface area contributed by atoms with E-state index in [0.717, 1.165) is 53.1 Å². The van der Waals surface area contributed by atoms with Crippen LogP contribution in [0, 0.1) is 0 Å². The van der Waals surface area contributed by atoms with Crippen LogP contribution < -0.4 is 24.8 Å². The van der Waals surface area contributed by atoms with Crippen molar-refractivity contribution in [1.82, 2.24) is 15.5 Å². The number of methoxy groups -OCH3 is 1. The second-order valence-corrected chi connectivity index (χ2v) is 11.0. The summed E-state index contributed by atoms with van der Waals surface area (Å²) >= 11 is 6.27. The average molecular weight is 572 g/mol. The lowest BCUT2D eigenvalue weighted by Gasteiger charge is -2.23. The van der Waals surface area contributed by atoms with E-state index in [4.69, 9.17) is 25.8 Å². The minimum Gasteiger partial charge on any atom is -0.496 e. The second-order valence-electron chi connectivity index (χ2n) is 10.6. The van der Waals surface area contributed by atoms with E-state index in [1.807, 2.05) is 48.5 Å². The van der Waals surface area contributed by atoms with Crippen molar-refractivity contribution in [1.29, 1.82) is 0 Å². The van der Waals surface area contributed by atoms with E-state index in [1.165, 1.54) is 10.9 Å². The molecule has 1 fully saturated rings. The van der Waals surface area contributed by atoms with Crippen molar-refractivity contribution in [3.8, 4) is 17.2 Å². The van der Waals surface area contributed by atoms with E-state index in [9.17, 15) is 4.79 Å². The van der Waals surface area contributed by atoms with Crippen molar-refractivity contribution in [3.05, 3.63) is 101 Å². The van der Waals surface area contributed by atoms with Gasteiger partial charge in [-0.1, -0.05) is 60.1 Å². The van der Waals surface area contributed by atoms with Gasteiger partial charge in [-0.15, -0.1) is 0 Å². The standard InChI is InChI=1S/C33H34ClN3O4/c1-39-30-12-10-24(27-7-2-3-8-28(27)30)18-36-26-17-29(37(20-26)19-23-5-4-6-25(34)15-23)33(38)35-14-13-22-9-11-31-32(16-22)41-21-40-31/h2-12,15-16,26,29,36H,13-14,17-21H2,1H3,(H,35,38)/t26-,29+/m1/s1. The molecule has 2 atom stereocenters. The van der Waals surface area contributed by atoms with Crippen LogP contribution in [0.3, 0.4) is 0 Å². The van der Waals surface area contributed by atoms with Crippen LogP contribution in [0.4, 0.5) is 0 Å². The number of amides is 1. The normalized spacial score (nSPS) is 18.1. The van der Waals surface area contributed by atoms with Crippen molar-refractivity contribution in [2.75, 3.05) is 27.0 Å². The molecule has 0 saturated carbocycles. The molecule has 1 amide bonds. The highest BCUT2D eigenvalue weighted by Gasteiger charge is 2.36. The van der Waals surface area contributed by atoms with Crippen LogP contribution in [0.1, 0.15) is 23.1 Å². The Kier molecular flexibility index (Phi) is 8.28. The van der Waals surface area contributed by atoms with Crippen LogP contribution in [-0.4, -0.2) is 49.9 Å². The van der Waals surface area contributed by atoms with E-state index < -0.39 is 0 Å². The van der Waals surface area contributed by atoms with Gasteiger partial charge in [0.1, 0.15) is 5.75 Å². The molecule has 41 heavy (non-hydrogen) atoms. The molecular weight excluding hydrogens is 538 g/mol. The third-order valence-corrected chi connectivity index (χ3v) is 8.14. The lowest BCUT2D eigenvalue weighted by atomic mass is 10.0. The molecular formula is C33H34ClN3O4. The van der Waals surface area contributed by atoms with Gasteiger partial charge in [0.15, 0.2) is 11.5 Å². The molecule has 2 aliphatic heterocycles. The zero-order valence-electron chi connectivity index (χ0n) is 23.1. The number of carbonyl (C=O) groups excluding carboxylic acids is 1. The molecule has 8 heteroatoms. The fourth-order valence-electron chi connectivity index (χ4n) is 5.83. The number of nitrogens with one attached hydrogen (secondary N) is 2. The molecule has 2 aliphatic rings. The van der Waals surface area contributed by atoms with Crippen molar-refractivity contribution >= 4 is 28.3 Å². The molecule has 212 valence electrons. The molecule has 1 saturated heterocycles. The van der Waals surface area contributed by atoms with Crippen LogP contribution in [0.15, 0.2) is 78.9 Å². The minimum atomic E-state index is -0.240. The highest BCUT2D eigenvalue weighted by molar-refractivity contribution is 6.30. The maximum Gasteiger partial charge on any atom is 0.237 e. The molecule has 7 nitrogen and oxygen atoms in total. The number of hydrogen-bond donors (Lipinski definition) is 2. The SMILES string of the molecule is COc1ccc(CN[C@@H]2C[C@@H](C(=O)NCCc3ccc4c(c3)OCO4)N(Cc3cccc(Cl)c3)C2)c2ccccc12. The van der Waals surface area contributed by atoms with Crippen LogP contribution in [-0.2, 0) is 24.3 Å². The highest BCUT2D eigenvalue weighted by atomic mass is 35.5. The summed E-state index contributed by atoms with van der Waals surface area (Å²) in [4.78, 5) is 15.7. The maximum absolute atomic E-state index is 13.5. The van der Waals surface area contributed by atoms with Crippen LogP contribution in [0.2, 0.25) is 5.02 Å². The first-order valence-corrected chi connectivity index (χ1v) is 14.4. The molecule has 6 rings (SSSR count). The zero-order valence-corrected chi connectivity index (χ0v) is 23.8. The Balaban J connectivity index is 1.12. The largest absolute Gasteiger partial charge is 0.496 e. The van der Waals surface area contributed by atoms with E-state index in [1.54, 1.807) is 7.11 Å². The number of fused-ring (bicyclic) bond motifs is 2. The molecule has 0 spiro atoms. The predicted octanol–water partition coefficient (Wildman–Crippen LogP) is 5.32. The number of rotatable bonds is 10. The second kappa shape index (κ2) is 12.4. The van der Waals surface area contributed by atoms with Gasteiger partial charge in [0, 0.05) is 42.6 Å². The van der Waals surface area contributed by atoms with Gasteiger partial charge in [-0.05, 0) is 65.3 Å². The van der Waals surface area contributed by atoms with Crippen molar-refractivity contribution < 1.29 is 19.0 Å². The van der Waals surface area contributed by atoms with Crippen LogP contribution >= 0.6 is 11.6 Å². The predicted molar refractivity (Wildman–Crippen MR) is 161 cm³/mol. The monoisotopic (exact) mass is 571 g/mol. The smallest absolute Gasteiger partial charge is 0.237 e. The van der Waals surface area contributed by atoms with E-state index in [-0.39, 0.29) is 24.8 Å². The Morgan fingerprint density at radius 2 is 1.83 bits per heavy atom. The lowest BCUT2D eigenvalue weighted by Crippen LogP contribution is -2.43. The van der Waals surface area contributed by atoms with Gasteiger partial charge in [-0.25, -0.2) is 0 Å². The van der Waals surface area contributed by atoms with Gasteiger partial charge in [-0.3, -0.25) is 9.69 Å². The van der Waals surface area contributed by atoms with Crippen LogP contribution in [0.25, 0.3) is 10.8 Å². The van der Waals surface area contributed by atoms with E-state index in [2.05, 4.69) is 45.9 Å². The summed E-state index contributed by atoms with van der Waals surface area (Å²) in [6, 6.07) is 26.2. The number of halogens is 1. The number of benzene rings is 4. The van der Waals surface area contributed by atoms with Crippen LogP contribution in [0.5, 0.6) is 17.2 Å². The molecule has 4 aromatic carbocycles. The molecule has 0 aliphatic carbocycles. The topological polar surface area (TPSA) is 72.1 Å². The Morgan fingerprint density at radius 3 is 2.68 bits per heavy atom. The van der Waals surface area contributed by atoms with Gasteiger partial charge in [0.05, 0.1) is 13.2 Å². The molecule has 2 N–H and O–H groups in total. The third-order valence-electron chi connectivity index (χ3n) is 7.91. The van der Waals surface area contributed by atoms with Gasteiger partial charge < -0.3 is 24.8 Å². The van der Waals surface area contributed by atoms with Crippen molar-refractivity contribution in [2.45, 2.75) is 38.0 Å². The molecule has 4 aromatic rings. The van der Waals surface area contributed by atoms with Crippen molar-refractivity contribution in [2.24, 2.45) is 0 Å². The average Bonchev–Trinajstić information content (AvgIpc) is 3.62. The number of nitrogens with zero attached hydrogens (tertiary/aromatic N) is 1. The van der Waals surface area contributed by atoms with Gasteiger partial charge >= 0.3 is 0 Å². The Hall–Kier alpha value is -3.78. The third kappa shape index (κ3) is 6.27. The summed E-state index contributed by atoms with van der Waals surface area (Å²) in [7, 11) is 1.70. The van der Waals surface area contributed by atoms with Gasteiger partial charge in [0.2, 0.25) is 12.7 Å². The van der Waals surface area contributed by atoms with Gasteiger partial charge in [-0.2, -0.15) is 0 Å². The number of carbonyl (C=O) groups is 1.